The van der Waals surface area contributed by atoms with Gasteiger partial charge in [-0.1, -0.05) is 42.5 Å². The summed E-state index contributed by atoms with van der Waals surface area (Å²) in [6.07, 6.45) is 0. The summed E-state index contributed by atoms with van der Waals surface area (Å²) in [5, 5.41) is 10.0. The van der Waals surface area contributed by atoms with Crippen LogP contribution in [0.3, 0.4) is 0 Å². The lowest BCUT2D eigenvalue weighted by molar-refractivity contribution is -0.139. The van der Waals surface area contributed by atoms with Crippen molar-refractivity contribution in [2.75, 3.05) is 6.61 Å². The zero-order valence-corrected chi connectivity index (χ0v) is 19.5. The Hall–Kier alpha value is -4.39. The molecule has 4 rings (SSSR count). The van der Waals surface area contributed by atoms with Crippen molar-refractivity contribution in [3.8, 4) is 17.2 Å². The molecule has 178 valence electrons. The van der Waals surface area contributed by atoms with E-state index in [9.17, 15) is 9.59 Å². The van der Waals surface area contributed by atoms with Crippen molar-refractivity contribution in [1.29, 1.82) is 0 Å². The average molecular weight is 472 g/mol. The standard InChI is InChI=1S/C28H25NO6/c1-18-6-5-8-21(28(18)35-17-27(31)32)15-34-26-14-23(12-13-24(26)19(2)30)33-16-22-11-10-20-7-3-4-9-25(20)29-22/h3-14H,15-17H2,1-2H3,(H,31,32). The topological polar surface area (TPSA) is 95.0 Å². The molecular formula is C28H25NO6. The Labute approximate surface area is 202 Å². The normalized spacial score (nSPS) is 10.7. The van der Waals surface area contributed by atoms with Crippen molar-refractivity contribution in [2.24, 2.45) is 0 Å². The molecule has 0 saturated heterocycles. The number of aromatic nitrogens is 1. The van der Waals surface area contributed by atoms with Gasteiger partial charge < -0.3 is 19.3 Å². The molecule has 4 aromatic rings. The third kappa shape index (κ3) is 5.95. The summed E-state index contributed by atoms with van der Waals surface area (Å²) in [4.78, 5) is 27.7. The lowest BCUT2D eigenvalue weighted by Gasteiger charge is -2.16. The minimum Gasteiger partial charge on any atom is -0.488 e. The zero-order valence-electron chi connectivity index (χ0n) is 19.5. The molecule has 0 unspecified atom stereocenters. The minimum absolute atomic E-state index is 0.0899. The number of carbonyl (C=O) groups is 2. The molecule has 0 atom stereocenters. The number of aliphatic carboxylic acids is 1. The SMILES string of the molecule is CC(=O)c1ccc(OCc2ccc3ccccc3n2)cc1OCc1cccc(C)c1OCC(=O)O. The third-order valence-corrected chi connectivity index (χ3v) is 5.39. The number of carboxylic acid groups (broad SMARTS) is 1. The van der Waals surface area contributed by atoms with E-state index in [1.165, 1.54) is 6.92 Å². The van der Waals surface area contributed by atoms with Gasteiger partial charge in [-0.15, -0.1) is 0 Å². The van der Waals surface area contributed by atoms with Gasteiger partial charge in [-0.25, -0.2) is 9.78 Å². The first-order chi connectivity index (χ1) is 16.9. The summed E-state index contributed by atoms with van der Waals surface area (Å²) < 4.78 is 17.4. The second-order valence-electron chi connectivity index (χ2n) is 8.03. The molecule has 1 aromatic heterocycles. The molecule has 0 bridgehead atoms. The molecule has 0 amide bonds. The van der Waals surface area contributed by atoms with Gasteiger partial charge in [-0.2, -0.15) is 0 Å². The molecular weight excluding hydrogens is 446 g/mol. The zero-order chi connectivity index (χ0) is 24.8. The summed E-state index contributed by atoms with van der Waals surface area (Å²) in [5.41, 5.74) is 3.55. The molecule has 7 heteroatoms. The first-order valence-corrected chi connectivity index (χ1v) is 11.1. The fourth-order valence-electron chi connectivity index (χ4n) is 3.67. The Morgan fingerprint density at radius 3 is 2.51 bits per heavy atom. The lowest BCUT2D eigenvalue weighted by Crippen LogP contribution is -2.12. The maximum atomic E-state index is 12.2. The number of benzene rings is 3. The first kappa shape index (κ1) is 23.8. The lowest BCUT2D eigenvalue weighted by atomic mass is 10.1. The Morgan fingerprint density at radius 1 is 0.886 bits per heavy atom. The summed E-state index contributed by atoms with van der Waals surface area (Å²) in [6.45, 7) is 3.19. The number of ether oxygens (including phenoxy) is 3. The van der Waals surface area contributed by atoms with Crippen LogP contribution in [0.5, 0.6) is 17.2 Å². The van der Waals surface area contributed by atoms with E-state index in [1.807, 2.05) is 55.5 Å². The molecule has 1 N–H and O–H groups in total. The highest BCUT2D eigenvalue weighted by Crippen LogP contribution is 2.29. The summed E-state index contributed by atoms with van der Waals surface area (Å²) in [5.74, 6) is 0.145. The molecule has 0 aliphatic rings. The number of Topliss-reactive ketones (excluding diaryl/α,β-unsaturated/α-hetero) is 1. The van der Waals surface area contributed by atoms with Gasteiger partial charge in [0.2, 0.25) is 0 Å². The van der Waals surface area contributed by atoms with Gasteiger partial charge in [0, 0.05) is 17.0 Å². The maximum absolute atomic E-state index is 12.2. The van der Waals surface area contributed by atoms with E-state index in [0.29, 0.717) is 28.4 Å². The number of nitrogens with zero attached hydrogens (tertiary/aromatic N) is 1. The number of pyridine rings is 1. The smallest absolute Gasteiger partial charge is 0.341 e. The largest absolute Gasteiger partial charge is 0.488 e. The monoisotopic (exact) mass is 471 g/mol. The Morgan fingerprint density at radius 2 is 1.71 bits per heavy atom. The molecule has 35 heavy (non-hydrogen) atoms. The van der Waals surface area contributed by atoms with Gasteiger partial charge in [-0.05, 0) is 43.7 Å². The van der Waals surface area contributed by atoms with E-state index in [-0.39, 0.29) is 19.0 Å². The maximum Gasteiger partial charge on any atom is 0.341 e. The quantitative estimate of drug-likeness (QED) is 0.311. The molecule has 0 saturated carbocycles. The van der Waals surface area contributed by atoms with Crippen LogP contribution in [0, 0.1) is 6.92 Å². The van der Waals surface area contributed by atoms with Gasteiger partial charge in [-0.3, -0.25) is 4.79 Å². The van der Waals surface area contributed by atoms with Crippen molar-refractivity contribution >= 4 is 22.7 Å². The highest BCUT2D eigenvalue weighted by atomic mass is 16.5. The number of ketones is 1. The number of rotatable bonds is 10. The van der Waals surface area contributed by atoms with Crippen LogP contribution in [0.15, 0.2) is 72.8 Å². The number of hydrogen-bond acceptors (Lipinski definition) is 6. The molecule has 1 heterocycles. The molecule has 0 spiro atoms. The Kier molecular flexibility index (Phi) is 7.26. The van der Waals surface area contributed by atoms with Crippen molar-refractivity contribution in [2.45, 2.75) is 27.1 Å². The van der Waals surface area contributed by atoms with Crippen LogP contribution in [0.4, 0.5) is 0 Å². The van der Waals surface area contributed by atoms with Crippen molar-refractivity contribution in [3.05, 3.63) is 95.2 Å². The first-order valence-electron chi connectivity index (χ1n) is 11.1. The van der Waals surface area contributed by atoms with Crippen LogP contribution in [0.25, 0.3) is 10.9 Å². The molecule has 0 fully saturated rings. The molecule has 3 aromatic carbocycles. The van der Waals surface area contributed by atoms with E-state index in [4.69, 9.17) is 19.3 Å². The number of carbonyl (C=O) groups excluding carboxylic acids is 1. The average Bonchev–Trinajstić information content (AvgIpc) is 2.85. The van der Waals surface area contributed by atoms with Gasteiger partial charge in [0.1, 0.15) is 30.5 Å². The highest BCUT2D eigenvalue weighted by molar-refractivity contribution is 5.97. The van der Waals surface area contributed by atoms with Crippen LogP contribution in [-0.2, 0) is 18.0 Å². The van der Waals surface area contributed by atoms with Gasteiger partial charge >= 0.3 is 5.97 Å². The molecule has 0 radical (unpaired) electrons. The number of carboxylic acids is 1. The van der Waals surface area contributed by atoms with Crippen LogP contribution in [-0.4, -0.2) is 28.4 Å². The second kappa shape index (κ2) is 10.7. The summed E-state index contributed by atoms with van der Waals surface area (Å²) in [6, 6.07) is 22.3. The van der Waals surface area contributed by atoms with Gasteiger partial charge in [0.05, 0.1) is 16.8 Å². The van der Waals surface area contributed by atoms with Crippen molar-refractivity contribution < 1.29 is 28.9 Å². The number of fused-ring (bicyclic) bond motifs is 1. The van der Waals surface area contributed by atoms with E-state index in [2.05, 4.69) is 4.98 Å². The van der Waals surface area contributed by atoms with Crippen LogP contribution in [0.2, 0.25) is 0 Å². The summed E-state index contributed by atoms with van der Waals surface area (Å²) >= 11 is 0. The van der Waals surface area contributed by atoms with Crippen molar-refractivity contribution in [3.63, 3.8) is 0 Å². The van der Waals surface area contributed by atoms with E-state index >= 15 is 0 Å². The van der Waals surface area contributed by atoms with E-state index in [1.54, 1.807) is 24.3 Å². The highest BCUT2D eigenvalue weighted by Gasteiger charge is 2.14. The van der Waals surface area contributed by atoms with Crippen molar-refractivity contribution in [1.82, 2.24) is 4.98 Å². The predicted molar refractivity (Wildman–Crippen MR) is 131 cm³/mol. The molecule has 0 aliphatic carbocycles. The second-order valence-corrected chi connectivity index (χ2v) is 8.03. The van der Waals surface area contributed by atoms with Crippen LogP contribution >= 0.6 is 0 Å². The van der Waals surface area contributed by atoms with E-state index < -0.39 is 12.6 Å². The number of hydrogen-bond donors (Lipinski definition) is 1. The van der Waals surface area contributed by atoms with E-state index in [0.717, 1.165) is 22.2 Å². The Bertz CT molecular complexity index is 1380. The number of aryl methyl sites for hydroxylation is 1. The fraction of sp³-hybridized carbons (Fsp3) is 0.179. The molecule has 0 aliphatic heterocycles. The molecule has 7 nitrogen and oxygen atoms in total. The summed E-state index contributed by atoms with van der Waals surface area (Å²) in [7, 11) is 0. The Balaban J connectivity index is 1.51. The van der Waals surface area contributed by atoms with Gasteiger partial charge in [0.15, 0.2) is 12.4 Å². The van der Waals surface area contributed by atoms with Gasteiger partial charge in [0.25, 0.3) is 0 Å². The predicted octanol–water partition coefficient (Wildman–Crippen LogP) is 5.37. The van der Waals surface area contributed by atoms with Crippen LogP contribution < -0.4 is 14.2 Å². The minimum atomic E-state index is -1.07. The third-order valence-electron chi connectivity index (χ3n) is 5.39. The fourth-order valence-corrected chi connectivity index (χ4v) is 3.67. The number of para-hydroxylation sites is 2. The van der Waals surface area contributed by atoms with Crippen LogP contribution in [0.1, 0.15) is 34.1 Å².